The van der Waals surface area contributed by atoms with Gasteiger partial charge < -0.3 is 15.8 Å². The van der Waals surface area contributed by atoms with Gasteiger partial charge in [-0.1, -0.05) is 31.4 Å². The zero-order valence-electron chi connectivity index (χ0n) is 16.1. The highest BCUT2D eigenvalue weighted by Gasteiger charge is 2.19. The first-order valence-corrected chi connectivity index (χ1v) is 10.1. The second kappa shape index (κ2) is 9.81. The lowest BCUT2D eigenvalue weighted by Gasteiger charge is -2.31. The summed E-state index contributed by atoms with van der Waals surface area (Å²) in [6, 6.07) is 8.94. The van der Waals surface area contributed by atoms with Crippen molar-refractivity contribution in [3.63, 3.8) is 0 Å². The number of piperidine rings is 1. The fraction of sp³-hybridized carbons (Fsp3) is 0.667. The summed E-state index contributed by atoms with van der Waals surface area (Å²) in [5.74, 6) is 2.23. The van der Waals surface area contributed by atoms with Crippen molar-refractivity contribution in [1.29, 1.82) is 0 Å². The van der Waals surface area contributed by atoms with Crippen molar-refractivity contribution in [3.05, 3.63) is 29.8 Å². The van der Waals surface area contributed by atoms with Crippen molar-refractivity contribution in [1.82, 2.24) is 10.2 Å². The van der Waals surface area contributed by atoms with Gasteiger partial charge in [-0.05, 0) is 62.4 Å². The van der Waals surface area contributed by atoms with Gasteiger partial charge >= 0.3 is 0 Å². The Hall–Kier alpha value is -1.75. The van der Waals surface area contributed by atoms with Gasteiger partial charge in [0.25, 0.3) is 0 Å². The van der Waals surface area contributed by atoms with Crippen molar-refractivity contribution in [2.45, 2.75) is 57.5 Å². The average Bonchev–Trinajstić information content (AvgIpc) is 2.69. The van der Waals surface area contributed by atoms with Crippen LogP contribution in [-0.4, -0.2) is 43.6 Å². The van der Waals surface area contributed by atoms with Gasteiger partial charge in [-0.25, -0.2) is 0 Å². The molecule has 1 aromatic carbocycles. The van der Waals surface area contributed by atoms with Crippen LogP contribution in [0.25, 0.3) is 0 Å². The van der Waals surface area contributed by atoms with Crippen LogP contribution in [0.3, 0.4) is 0 Å². The third-order valence-electron chi connectivity index (χ3n) is 5.75. The van der Waals surface area contributed by atoms with Gasteiger partial charge in [-0.2, -0.15) is 0 Å². The van der Waals surface area contributed by atoms with Crippen molar-refractivity contribution in [2.24, 2.45) is 16.6 Å². The molecule has 1 saturated carbocycles. The molecule has 3 rings (SSSR count). The van der Waals surface area contributed by atoms with Crippen LogP contribution in [0.2, 0.25) is 0 Å². The maximum absolute atomic E-state index is 6.09. The molecule has 0 bridgehead atoms. The third-order valence-corrected chi connectivity index (χ3v) is 5.75. The SMILES string of the molecule is COc1ccc(CN2CCC(CN=C(N)NC3CCCCC3)CC2)cc1. The number of guanidine groups is 1. The fourth-order valence-corrected chi connectivity index (χ4v) is 4.05. The number of nitrogens with one attached hydrogen (secondary N) is 1. The normalized spacial score (nSPS) is 20.9. The van der Waals surface area contributed by atoms with Crippen molar-refractivity contribution >= 4 is 5.96 Å². The predicted molar refractivity (Wildman–Crippen MR) is 107 cm³/mol. The molecule has 2 fully saturated rings. The summed E-state index contributed by atoms with van der Waals surface area (Å²) in [6.07, 6.45) is 8.88. The number of methoxy groups -OCH3 is 1. The van der Waals surface area contributed by atoms with Crippen molar-refractivity contribution < 1.29 is 4.74 Å². The number of benzene rings is 1. The molecule has 0 atom stereocenters. The summed E-state index contributed by atoms with van der Waals surface area (Å²) in [7, 11) is 1.71. The second-order valence-electron chi connectivity index (χ2n) is 7.77. The summed E-state index contributed by atoms with van der Waals surface area (Å²) >= 11 is 0. The Labute approximate surface area is 158 Å². The lowest BCUT2D eigenvalue weighted by molar-refractivity contribution is 0.180. The molecule has 3 N–H and O–H groups in total. The Morgan fingerprint density at radius 1 is 1.12 bits per heavy atom. The average molecular weight is 359 g/mol. The molecule has 26 heavy (non-hydrogen) atoms. The van der Waals surface area contributed by atoms with E-state index in [-0.39, 0.29) is 0 Å². The van der Waals surface area contributed by atoms with Gasteiger partial charge in [0, 0.05) is 19.1 Å². The first-order valence-electron chi connectivity index (χ1n) is 10.1. The molecule has 0 unspecified atom stereocenters. The highest BCUT2D eigenvalue weighted by atomic mass is 16.5. The van der Waals surface area contributed by atoms with E-state index in [2.05, 4.69) is 27.3 Å². The first kappa shape index (κ1) is 19.0. The second-order valence-corrected chi connectivity index (χ2v) is 7.77. The number of rotatable bonds is 6. The smallest absolute Gasteiger partial charge is 0.188 e. The number of nitrogens with zero attached hydrogens (tertiary/aromatic N) is 2. The zero-order valence-corrected chi connectivity index (χ0v) is 16.1. The van der Waals surface area contributed by atoms with Crippen LogP contribution in [0.5, 0.6) is 5.75 Å². The van der Waals surface area contributed by atoms with Gasteiger partial charge in [-0.15, -0.1) is 0 Å². The third kappa shape index (κ3) is 5.90. The number of hydrogen-bond donors (Lipinski definition) is 2. The van der Waals surface area contributed by atoms with E-state index in [4.69, 9.17) is 10.5 Å². The minimum Gasteiger partial charge on any atom is -0.497 e. The fourth-order valence-electron chi connectivity index (χ4n) is 4.05. The molecule has 1 heterocycles. The molecule has 5 nitrogen and oxygen atoms in total. The molecule has 2 aliphatic rings. The molecule has 0 spiro atoms. The molecule has 0 amide bonds. The molecular formula is C21H34N4O. The number of hydrogen-bond acceptors (Lipinski definition) is 3. The Morgan fingerprint density at radius 2 is 1.81 bits per heavy atom. The number of likely N-dealkylation sites (tertiary alicyclic amines) is 1. The van der Waals surface area contributed by atoms with Crippen LogP contribution in [-0.2, 0) is 6.54 Å². The highest BCUT2D eigenvalue weighted by Crippen LogP contribution is 2.21. The first-order chi connectivity index (χ1) is 12.7. The van der Waals surface area contributed by atoms with Gasteiger partial charge in [-0.3, -0.25) is 9.89 Å². The molecule has 1 aliphatic carbocycles. The van der Waals surface area contributed by atoms with E-state index in [0.717, 1.165) is 31.9 Å². The van der Waals surface area contributed by atoms with Crippen LogP contribution in [0.15, 0.2) is 29.3 Å². The Balaban J connectivity index is 1.36. The number of aliphatic imine (C=N–C) groups is 1. The van der Waals surface area contributed by atoms with Crippen LogP contribution < -0.4 is 15.8 Å². The zero-order chi connectivity index (χ0) is 18.2. The summed E-state index contributed by atoms with van der Waals surface area (Å²) in [5.41, 5.74) is 7.44. The van der Waals surface area contributed by atoms with E-state index in [1.165, 1.54) is 50.5 Å². The van der Waals surface area contributed by atoms with E-state index in [0.29, 0.717) is 17.9 Å². The minimum absolute atomic E-state index is 0.541. The molecule has 144 valence electrons. The molecule has 0 radical (unpaired) electrons. The number of ether oxygens (including phenoxy) is 1. The topological polar surface area (TPSA) is 62.9 Å². The van der Waals surface area contributed by atoms with E-state index < -0.39 is 0 Å². The van der Waals surface area contributed by atoms with Gasteiger partial charge in [0.05, 0.1) is 7.11 Å². The Kier molecular flexibility index (Phi) is 7.18. The molecule has 5 heteroatoms. The van der Waals surface area contributed by atoms with Crippen molar-refractivity contribution in [3.8, 4) is 5.75 Å². The van der Waals surface area contributed by atoms with Crippen LogP contribution in [0.4, 0.5) is 0 Å². The van der Waals surface area contributed by atoms with E-state index in [9.17, 15) is 0 Å². The van der Waals surface area contributed by atoms with Crippen LogP contribution in [0.1, 0.15) is 50.5 Å². The maximum Gasteiger partial charge on any atom is 0.188 e. The Morgan fingerprint density at radius 3 is 2.46 bits per heavy atom. The van der Waals surface area contributed by atoms with E-state index in [1.807, 2.05) is 12.1 Å². The monoisotopic (exact) mass is 358 g/mol. The standard InChI is InChI=1S/C21H34N4O/c1-26-20-9-7-18(8-10-20)16-25-13-11-17(12-14-25)15-23-21(22)24-19-5-3-2-4-6-19/h7-10,17,19H,2-6,11-16H2,1H3,(H3,22,23,24). The van der Waals surface area contributed by atoms with E-state index in [1.54, 1.807) is 7.11 Å². The van der Waals surface area contributed by atoms with Gasteiger partial charge in [0.2, 0.25) is 0 Å². The summed E-state index contributed by atoms with van der Waals surface area (Å²) in [4.78, 5) is 7.15. The Bertz CT molecular complexity index is 558. The van der Waals surface area contributed by atoms with Gasteiger partial charge in [0.1, 0.15) is 5.75 Å². The lowest BCUT2D eigenvalue weighted by Crippen LogP contribution is -2.41. The van der Waals surface area contributed by atoms with Crippen molar-refractivity contribution in [2.75, 3.05) is 26.7 Å². The minimum atomic E-state index is 0.541. The van der Waals surface area contributed by atoms with Gasteiger partial charge in [0.15, 0.2) is 5.96 Å². The lowest BCUT2D eigenvalue weighted by atomic mass is 9.95. The number of nitrogens with two attached hydrogens (primary N) is 1. The molecule has 1 saturated heterocycles. The molecular weight excluding hydrogens is 324 g/mol. The largest absolute Gasteiger partial charge is 0.497 e. The van der Waals surface area contributed by atoms with Crippen LogP contribution >= 0.6 is 0 Å². The summed E-state index contributed by atoms with van der Waals surface area (Å²) in [6.45, 7) is 4.16. The molecule has 1 aromatic rings. The molecule has 0 aromatic heterocycles. The quantitative estimate of drug-likeness (QED) is 0.606. The van der Waals surface area contributed by atoms with E-state index >= 15 is 0 Å². The molecule has 1 aliphatic heterocycles. The maximum atomic E-state index is 6.09. The summed E-state index contributed by atoms with van der Waals surface area (Å²) in [5, 5.41) is 3.42. The predicted octanol–water partition coefficient (Wildman–Crippen LogP) is 3.14. The van der Waals surface area contributed by atoms with Crippen LogP contribution in [0, 0.1) is 5.92 Å². The summed E-state index contributed by atoms with van der Waals surface area (Å²) < 4.78 is 5.23. The highest BCUT2D eigenvalue weighted by molar-refractivity contribution is 5.78.